The summed E-state index contributed by atoms with van der Waals surface area (Å²) < 4.78 is 10.8. The van der Waals surface area contributed by atoms with E-state index in [1.54, 1.807) is 48.5 Å². The number of morpholine rings is 2. The number of rotatable bonds is 8. The van der Waals surface area contributed by atoms with Gasteiger partial charge in [-0.1, -0.05) is 48.5 Å². The molecule has 0 unspecified atom stereocenters. The van der Waals surface area contributed by atoms with Gasteiger partial charge in [0.25, 0.3) is 0 Å². The minimum absolute atomic E-state index is 0.0224. The Balaban J connectivity index is 1.44. The van der Waals surface area contributed by atoms with E-state index < -0.39 is 11.1 Å². The van der Waals surface area contributed by atoms with Gasteiger partial charge in [0.05, 0.1) is 37.5 Å². The smallest absolute Gasteiger partial charge is 0.193 e. The molecule has 2 aliphatic heterocycles. The molecule has 2 aliphatic rings. The SMILES string of the molecule is CC(C)(C(=O)c1ccc(C(=O)c2ccc(C(=O)C(C)(C)N3CCOCC3)cc2)cc1)N1CCOCC1. The average molecular weight is 493 g/mol. The monoisotopic (exact) mass is 492 g/mol. The zero-order valence-corrected chi connectivity index (χ0v) is 21.7. The Morgan fingerprint density at radius 2 is 0.833 bits per heavy atom. The van der Waals surface area contributed by atoms with Crippen LogP contribution in [0.3, 0.4) is 0 Å². The molecule has 0 atom stereocenters. The molecule has 192 valence electrons. The van der Waals surface area contributed by atoms with Crippen molar-refractivity contribution in [2.24, 2.45) is 0 Å². The van der Waals surface area contributed by atoms with Crippen molar-refractivity contribution < 1.29 is 23.9 Å². The number of hydrogen-bond donors (Lipinski definition) is 0. The van der Waals surface area contributed by atoms with E-state index in [2.05, 4.69) is 9.80 Å². The fraction of sp³-hybridized carbons (Fsp3) is 0.483. The Labute approximate surface area is 213 Å². The van der Waals surface area contributed by atoms with Gasteiger partial charge in [0, 0.05) is 48.4 Å². The maximum Gasteiger partial charge on any atom is 0.193 e. The van der Waals surface area contributed by atoms with Crippen molar-refractivity contribution in [3.05, 3.63) is 70.8 Å². The second kappa shape index (κ2) is 10.7. The predicted octanol–water partition coefficient (Wildman–Crippen LogP) is 3.50. The zero-order chi connectivity index (χ0) is 25.9. The molecule has 2 fully saturated rings. The molecule has 0 aromatic heterocycles. The van der Waals surface area contributed by atoms with E-state index in [-0.39, 0.29) is 17.3 Å². The third-order valence-corrected chi connectivity index (χ3v) is 7.53. The summed E-state index contributed by atoms with van der Waals surface area (Å²) in [5.74, 6) is -0.101. The lowest BCUT2D eigenvalue weighted by molar-refractivity contribution is -0.00442. The van der Waals surface area contributed by atoms with E-state index in [1.807, 2.05) is 27.7 Å². The standard InChI is InChI=1S/C29H36N2O5/c1-28(2,30-13-17-35-18-14-30)26(33)23-9-5-21(6-10-23)25(32)22-7-11-24(12-8-22)27(34)29(3,4)31-15-19-36-20-16-31/h5-12H,13-20H2,1-4H3. The zero-order valence-electron chi connectivity index (χ0n) is 21.7. The van der Waals surface area contributed by atoms with Gasteiger partial charge in [0.2, 0.25) is 0 Å². The molecule has 7 nitrogen and oxygen atoms in total. The lowest BCUT2D eigenvalue weighted by atomic mass is 9.89. The number of ketones is 3. The highest BCUT2D eigenvalue weighted by atomic mass is 16.5. The lowest BCUT2D eigenvalue weighted by Crippen LogP contribution is -2.54. The molecule has 0 radical (unpaired) electrons. The highest BCUT2D eigenvalue weighted by Crippen LogP contribution is 2.24. The fourth-order valence-electron chi connectivity index (χ4n) is 4.95. The van der Waals surface area contributed by atoms with Gasteiger partial charge in [-0.25, -0.2) is 0 Å². The van der Waals surface area contributed by atoms with Crippen LogP contribution in [0.1, 0.15) is 64.3 Å². The van der Waals surface area contributed by atoms with Crippen LogP contribution < -0.4 is 0 Å². The van der Waals surface area contributed by atoms with Crippen LogP contribution in [0.4, 0.5) is 0 Å². The van der Waals surface area contributed by atoms with Gasteiger partial charge in [-0.3, -0.25) is 24.2 Å². The van der Waals surface area contributed by atoms with Gasteiger partial charge in [0.15, 0.2) is 17.3 Å². The topological polar surface area (TPSA) is 76.2 Å². The number of carbonyl (C=O) groups excluding carboxylic acids is 3. The number of Topliss-reactive ketones (excluding diaryl/α,β-unsaturated/α-hetero) is 2. The number of ether oxygens (including phenoxy) is 2. The second-order valence-corrected chi connectivity index (χ2v) is 10.5. The summed E-state index contributed by atoms with van der Waals surface area (Å²) in [5.41, 5.74) is 0.870. The maximum atomic E-state index is 13.2. The van der Waals surface area contributed by atoms with Crippen molar-refractivity contribution in [3.63, 3.8) is 0 Å². The van der Waals surface area contributed by atoms with Crippen molar-refractivity contribution in [1.29, 1.82) is 0 Å². The Bertz CT molecular complexity index is 1010. The number of hydrogen-bond acceptors (Lipinski definition) is 7. The minimum Gasteiger partial charge on any atom is -0.379 e. The predicted molar refractivity (Wildman–Crippen MR) is 138 cm³/mol. The number of carbonyl (C=O) groups is 3. The summed E-state index contributed by atoms with van der Waals surface area (Å²) in [7, 11) is 0. The van der Waals surface area contributed by atoms with Crippen LogP contribution in [0.5, 0.6) is 0 Å². The number of nitrogens with zero attached hydrogens (tertiary/aromatic N) is 2. The second-order valence-electron chi connectivity index (χ2n) is 10.5. The molecule has 0 spiro atoms. The van der Waals surface area contributed by atoms with Gasteiger partial charge >= 0.3 is 0 Å². The third-order valence-electron chi connectivity index (χ3n) is 7.53. The van der Waals surface area contributed by atoms with E-state index >= 15 is 0 Å². The summed E-state index contributed by atoms with van der Waals surface area (Å²) in [6, 6.07) is 13.7. The molecular formula is C29H36N2O5. The fourth-order valence-corrected chi connectivity index (χ4v) is 4.95. The van der Waals surface area contributed by atoms with E-state index in [0.717, 1.165) is 26.2 Å². The van der Waals surface area contributed by atoms with Gasteiger partial charge in [-0.15, -0.1) is 0 Å². The summed E-state index contributed by atoms with van der Waals surface area (Å²) in [6.45, 7) is 13.1. The Morgan fingerprint density at radius 3 is 1.14 bits per heavy atom. The van der Waals surface area contributed by atoms with Crippen LogP contribution in [-0.2, 0) is 9.47 Å². The molecule has 0 amide bonds. The van der Waals surface area contributed by atoms with Gasteiger partial charge in [0.1, 0.15) is 0 Å². The Morgan fingerprint density at radius 1 is 0.556 bits per heavy atom. The summed E-state index contributed by atoms with van der Waals surface area (Å²) in [6.07, 6.45) is 0. The first kappa shape index (κ1) is 26.4. The first-order valence-electron chi connectivity index (χ1n) is 12.6. The van der Waals surface area contributed by atoms with Crippen molar-refractivity contribution in [1.82, 2.24) is 9.80 Å². The van der Waals surface area contributed by atoms with E-state index in [9.17, 15) is 14.4 Å². The largest absolute Gasteiger partial charge is 0.379 e. The molecule has 2 saturated heterocycles. The van der Waals surface area contributed by atoms with E-state index in [0.29, 0.717) is 48.7 Å². The summed E-state index contributed by atoms with van der Waals surface area (Å²) >= 11 is 0. The van der Waals surface area contributed by atoms with Crippen LogP contribution >= 0.6 is 0 Å². The lowest BCUT2D eigenvalue weighted by Gasteiger charge is -2.39. The molecule has 0 saturated carbocycles. The van der Waals surface area contributed by atoms with Crippen molar-refractivity contribution in [2.45, 2.75) is 38.8 Å². The molecular weight excluding hydrogens is 456 g/mol. The number of benzene rings is 2. The summed E-state index contributed by atoms with van der Waals surface area (Å²) in [4.78, 5) is 43.8. The molecule has 36 heavy (non-hydrogen) atoms. The molecule has 0 N–H and O–H groups in total. The molecule has 4 rings (SSSR count). The molecule has 7 heteroatoms. The van der Waals surface area contributed by atoms with Gasteiger partial charge < -0.3 is 9.47 Å². The van der Waals surface area contributed by atoms with Crippen LogP contribution in [-0.4, -0.2) is 90.8 Å². The van der Waals surface area contributed by atoms with Crippen LogP contribution in [0.15, 0.2) is 48.5 Å². The quantitative estimate of drug-likeness (QED) is 0.522. The normalized spacial score (nSPS) is 18.1. The van der Waals surface area contributed by atoms with Gasteiger partial charge in [-0.05, 0) is 27.7 Å². The Hall–Kier alpha value is -2.71. The minimum atomic E-state index is -0.646. The summed E-state index contributed by atoms with van der Waals surface area (Å²) in [5, 5.41) is 0. The first-order valence-corrected chi connectivity index (χ1v) is 12.6. The third kappa shape index (κ3) is 5.34. The van der Waals surface area contributed by atoms with Crippen LogP contribution in [0.2, 0.25) is 0 Å². The van der Waals surface area contributed by atoms with Crippen LogP contribution in [0, 0.1) is 0 Å². The van der Waals surface area contributed by atoms with Gasteiger partial charge in [-0.2, -0.15) is 0 Å². The van der Waals surface area contributed by atoms with Crippen molar-refractivity contribution >= 4 is 17.3 Å². The highest BCUT2D eigenvalue weighted by Gasteiger charge is 2.37. The van der Waals surface area contributed by atoms with Crippen molar-refractivity contribution in [3.8, 4) is 0 Å². The molecule has 0 aliphatic carbocycles. The highest BCUT2D eigenvalue weighted by molar-refractivity contribution is 6.11. The average Bonchev–Trinajstić information content (AvgIpc) is 2.93. The molecule has 2 heterocycles. The maximum absolute atomic E-state index is 13.2. The van der Waals surface area contributed by atoms with Crippen LogP contribution in [0.25, 0.3) is 0 Å². The Kier molecular flexibility index (Phi) is 7.85. The molecule has 2 aromatic carbocycles. The molecule has 2 aromatic rings. The van der Waals surface area contributed by atoms with E-state index in [1.165, 1.54) is 0 Å². The van der Waals surface area contributed by atoms with E-state index in [4.69, 9.17) is 9.47 Å². The molecule has 0 bridgehead atoms. The first-order chi connectivity index (χ1) is 17.1. The van der Waals surface area contributed by atoms with Crippen molar-refractivity contribution in [2.75, 3.05) is 52.6 Å².